The number of hydrogen-bond acceptors (Lipinski definition) is 2. The molecule has 0 aromatic rings. The predicted molar refractivity (Wildman–Crippen MR) is 28.2 cm³/mol. The van der Waals surface area contributed by atoms with Gasteiger partial charge in [-0.15, -0.1) is 0 Å². The van der Waals surface area contributed by atoms with Crippen LogP contribution < -0.4 is 4.72 Å². The molecule has 0 aliphatic carbocycles. The van der Waals surface area contributed by atoms with Crippen LogP contribution in [0.2, 0.25) is 0 Å². The Kier molecular flexibility index (Phi) is 1.40. The van der Waals surface area contributed by atoms with E-state index in [1.54, 1.807) is 0 Å². The second-order valence-electron chi connectivity index (χ2n) is 0.874. The van der Waals surface area contributed by atoms with Crippen molar-refractivity contribution in [3.05, 3.63) is 10.4 Å². The van der Waals surface area contributed by atoms with Crippen molar-refractivity contribution in [1.82, 2.24) is 4.72 Å². The molecule has 1 radical (unpaired) electrons. The van der Waals surface area contributed by atoms with Crippen molar-refractivity contribution in [3.63, 3.8) is 0 Å². The Labute approximate surface area is 45.9 Å². The van der Waals surface area contributed by atoms with E-state index in [4.69, 9.17) is 11.6 Å². The quantitative estimate of drug-likeness (QED) is 0.481. The van der Waals surface area contributed by atoms with E-state index in [-0.39, 0.29) is 0 Å². The number of halogens is 1. The third-order valence-corrected chi connectivity index (χ3v) is 1.44. The van der Waals surface area contributed by atoms with Gasteiger partial charge in [-0.1, -0.05) is 11.6 Å². The Morgan fingerprint density at radius 1 is 2.00 bits per heavy atom. The highest BCUT2D eigenvalue weighted by atomic mass is 35.5. The van der Waals surface area contributed by atoms with Crippen LogP contribution in [0.25, 0.3) is 0 Å². The molecule has 6 heavy (non-hydrogen) atoms. The lowest BCUT2D eigenvalue weighted by Crippen LogP contribution is -1.93. The summed E-state index contributed by atoms with van der Waals surface area (Å²) in [4.78, 5) is 0. The summed E-state index contributed by atoms with van der Waals surface area (Å²) in [6.07, 6.45) is 2.85. The van der Waals surface area contributed by atoms with Gasteiger partial charge in [-0.3, -0.25) is 4.72 Å². The fourth-order valence-electron chi connectivity index (χ4n) is 0.241. The summed E-state index contributed by atoms with van der Waals surface area (Å²) in [7, 11) is 0. The van der Waals surface area contributed by atoms with Crippen molar-refractivity contribution < 1.29 is 0 Å². The van der Waals surface area contributed by atoms with Crippen molar-refractivity contribution in [2.24, 2.45) is 0 Å². The Balaban J connectivity index is 2.45. The lowest BCUT2D eigenvalue weighted by molar-refractivity contribution is 1.13. The molecule has 1 N–H and O–H groups in total. The summed E-state index contributed by atoms with van der Waals surface area (Å²) in [6, 6.07) is 0. The van der Waals surface area contributed by atoms with E-state index in [1.807, 2.05) is 0 Å². The van der Waals surface area contributed by atoms with Crippen LogP contribution in [0.15, 0.2) is 4.36 Å². The van der Waals surface area contributed by atoms with Crippen LogP contribution in [0.5, 0.6) is 0 Å². The van der Waals surface area contributed by atoms with Gasteiger partial charge in [0.05, 0.1) is 4.36 Å². The van der Waals surface area contributed by atoms with Crippen LogP contribution in [-0.2, 0) is 0 Å². The monoisotopic (exact) mass is 120 g/mol. The Morgan fingerprint density at radius 2 is 2.83 bits per heavy atom. The normalized spacial score (nSPS) is 21.2. The maximum Gasteiger partial charge on any atom is 0.0936 e. The molecule has 1 rings (SSSR count). The first-order valence-corrected chi connectivity index (χ1v) is 2.75. The lowest BCUT2D eigenvalue weighted by Gasteiger charge is -1.80. The molecule has 33 valence electrons. The van der Waals surface area contributed by atoms with Gasteiger partial charge in [0.2, 0.25) is 0 Å². The zero-order chi connectivity index (χ0) is 4.41. The molecule has 0 fully saturated rings. The van der Waals surface area contributed by atoms with Crippen molar-refractivity contribution in [1.29, 1.82) is 0 Å². The second kappa shape index (κ2) is 1.87. The molecule has 0 saturated carbocycles. The Morgan fingerprint density at radius 3 is 3.00 bits per heavy atom. The molecule has 0 unspecified atom stereocenters. The van der Waals surface area contributed by atoms with Crippen molar-refractivity contribution >= 4 is 23.5 Å². The van der Waals surface area contributed by atoms with E-state index in [2.05, 4.69) is 10.8 Å². The molecule has 1 heterocycles. The number of hydrogen-bond donors (Lipinski definition) is 1. The third-order valence-electron chi connectivity index (χ3n) is 0.461. The Hall–Kier alpha value is 0.340. The van der Waals surface area contributed by atoms with E-state index < -0.39 is 0 Å². The zero-order valence-corrected chi connectivity index (χ0v) is 4.57. The van der Waals surface area contributed by atoms with Gasteiger partial charge in [0.1, 0.15) is 0 Å². The molecular weight excluding hydrogens is 118 g/mol. The second-order valence-corrected chi connectivity index (χ2v) is 2.38. The van der Waals surface area contributed by atoms with Crippen LogP contribution in [0.1, 0.15) is 0 Å². The predicted octanol–water partition coefficient (Wildman–Crippen LogP) is 1.12. The van der Waals surface area contributed by atoms with Crippen molar-refractivity contribution in [2.45, 2.75) is 0 Å². The van der Waals surface area contributed by atoms with Gasteiger partial charge in [-0.25, -0.2) is 0 Å². The van der Waals surface area contributed by atoms with E-state index in [0.717, 1.165) is 10.9 Å². The van der Waals surface area contributed by atoms with Gasteiger partial charge in [0.25, 0.3) is 0 Å². The van der Waals surface area contributed by atoms with Crippen molar-refractivity contribution in [3.8, 4) is 0 Å². The van der Waals surface area contributed by atoms with Gasteiger partial charge in [-0.05, 0) is 18.0 Å². The van der Waals surface area contributed by atoms with Crippen LogP contribution in [0.4, 0.5) is 0 Å². The maximum atomic E-state index is 5.42. The highest BCUT2D eigenvalue weighted by molar-refractivity contribution is 8.02. The summed E-state index contributed by atoms with van der Waals surface area (Å²) in [6.45, 7) is 0.781. The van der Waals surface area contributed by atoms with Gasteiger partial charge in [0, 0.05) is 6.54 Å². The minimum Gasteiger partial charge on any atom is -0.255 e. The van der Waals surface area contributed by atoms with E-state index >= 15 is 0 Å². The molecule has 0 aromatic carbocycles. The minimum atomic E-state index is 0.731. The first-order chi connectivity index (χ1) is 2.89. The largest absolute Gasteiger partial charge is 0.255 e. The topological polar surface area (TPSA) is 12.0 Å². The smallest absolute Gasteiger partial charge is 0.0936 e. The molecule has 1 aliphatic rings. The van der Waals surface area contributed by atoms with Gasteiger partial charge >= 0.3 is 0 Å². The van der Waals surface area contributed by atoms with Crippen LogP contribution in [-0.4, -0.2) is 6.54 Å². The molecule has 1 nitrogen and oxygen atoms in total. The van der Waals surface area contributed by atoms with Crippen LogP contribution in [0.3, 0.4) is 0 Å². The summed E-state index contributed by atoms with van der Waals surface area (Å²) in [5.74, 6) is 0. The highest BCUT2D eigenvalue weighted by Crippen LogP contribution is 2.18. The molecule has 0 atom stereocenters. The molecule has 0 bridgehead atoms. The van der Waals surface area contributed by atoms with Gasteiger partial charge < -0.3 is 0 Å². The standard InChI is InChI=1S/C3H3ClNS/c4-3-1-2-5-6-3/h5H,2H2. The molecular formula is C3H3ClNS. The fourth-order valence-corrected chi connectivity index (χ4v) is 0.887. The molecule has 1 aliphatic heterocycles. The summed E-state index contributed by atoms with van der Waals surface area (Å²) in [5.41, 5.74) is 0. The average Bonchev–Trinajstić information content (AvgIpc) is 1.86. The molecule has 3 heteroatoms. The van der Waals surface area contributed by atoms with E-state index in [0.29, 0.717) is 0 Å². The summed E-state index contributed by atoms with van der Waals surface area (Å²) < 4.78 is 3.64. The van der Waals surface area contributed by atoms with E-state index in [1.165, 1.54) is 11.9 Å². The average molecular weight is 121 g/mol. The maximum absolute atomic E-state index is 5.42. The first-order valence-electron chi connectivity index (χ1n) is 1.55. The molecule has 0 saturated heterocycles. The van der Waals surface area contributed by atoms with Crippen LogP contribution >= 0.6 is 23.5 Å². The van der Waals surface area contributed by atoms with Gasteiger partial charge in [-0.2, -0.15) is 0 Å². The third kappa shape index (κ3) is 0.899. The minimum absolute atomic E-state index is 0.731. The first kappa shape index (κ1) is 4.50. The van der Waals surface area contributed by atoms with Crippen molar-refractivity contribution in [2.75, 3.05) is 6.54 Å². The number of nitrogens with one attached hydrogen (secondary N) is 1. The highest BCUT2D eigenvalue weighted by Gasteiger charge is 1.97. The van der Waals surface area contributed by atoms with Crippen LogP contribution in [0, 0.1) is 6.08 Å². The van der Waals surface area contributed by atoms with Gasteiger partial charge in [0.15, 0.2) is 0 Å². The number of rotatable bonds is 0. The van der Waals surface area contributed by atoms with E-state index in [9.17, 15) is 0 Å². The SMILES string of the molecule is ClC1=[C]CNS1. The summed E-state index contributed by atoms with van der Waals surface area (Å²) in [5, 5.41) is 0. The Bertz CT molecular complexity index is 80.9. The summed E-state index contributed by atoms with van der Waals surface area (Å²) >= 11 is 6.84. The molecule has 0 spiro atoms. The fraction of sp³-hybridized carbons (Fsp3) is 0.333. The molecule has 0 aromatic heterocycles. The molecule has 0 amide bonds. The lowest BCUT2D eigenvalue weighted by atomic mass is 10.7. The zero-order valence-electron chi connectivity index (χ0n) is 2.99.